The molecule has 2 aliphatic rings. The smallest absolute Gasteiger partial charge is 0.365 e. The number of nitrogens with zero attached hydrogens (tertiary/aromatic N) is 2. The Hall–Kier alpha value is -3.95. The van der Waals surface area contributed by atoms with Gasteiger partial charge in [0.25, 0.3) is 5.91 Å². The fourth-order valence-electron chi connectivity index (χ4n) is 5.49. The third kappa shape index (κ3) is 5.39. The first-order chi connectivity index (χ1) is 19.1. The van der Waals surface area contributed by atoms with E-state index in [1.165, 1.54) is 24.3 Å². The van der Waals surface area contributed by atoms with Crippen LogP contribution in [0.2, 0.25) is 0 Å². The van der Waals surface area contributed by atoms with Crippen molar-refractivity contribution in [3.8, 4) is 11.1 Å². The average molecular weight is 558 g/mol. The second-order valence-corrected chi connectivity index (χ2v) is 10.2. The Morgan fingerprint density at radius 1 is 1.00 bits per heavy atom. The van der Waals surface area contributed by atoms with Crippen molar-refractivity contribution in [2.24, 2.45) is 0 Å². The number of carbonyl (C=O) groups is 2. The van der Waals surface area contributed by atoms with Crippen LogP contribution in [-0.2, 0) is 4.79 Å². The summed E-state index contributed by atoms with van der Waals surface area (Å²) in [7, 11) is 0. The summed E-state index contributed by atoms with van der Waals surface area (Å²) in [6.45, 7) is 0.688. The van der Waals surface area contributed by atoms with Gasteiger partial charge in [0.1, 0.15) is 18.2 Å². The van der Waals surface area contributed by atoms with Crippen molar-refractivity contribution in [3.05, 3.63) is 89.0 Å². The van der Waals surface area contributed by atoms with Crippen molar-refractivity contribution >= 4 is 17.5 Å². The fourth-order valence-corrected chi connectivity index (χ4v) is 5.49. The summed E-state index contributed by atoms with van der Waals surface area (Å²) in [5.74, 6) is -3.72. The van der Waals surface area contributed by atoms with Crippen LogP contribution in [0.4, 0.5) is 27.6 Å². The van der Waals surface area contributed by atoms with Gasteiger partial charge < -0.3 is 15.1 Å². The Morgan fingerprint density at radius 3 is 2.38 bits per heavy atom. The van der Waals surface area contributed by atoms with E-state index in [0.29, 0.717) is 29.5 Å². The summed E-state index contributed by atoms with van der Waals surface area (Å²) in [6, 6.07) is 14.9. The maximum absolute atomic E-state index is 15.5. The van der Waals surface area contributed by atoms with Gasteiger partial charge in [-0.05, 0) is 53.4 Å². The van der Waals surface area contributed by atoms with Crippen LogP contribution in [0, 0.1) is 11.6 Å². The molecule has 1 saturated heterocycles. The summed E-state index contributed by atoms with van der Waals surface area (Å²) in [6.07, 6.45) is -3.72. The zero-order valence-electron chi connectivity index (χ0n) is 21.8. The second-order valence-electron chi connectivity index (χ2n) is 10.2. The third-order valence-electron chi connectivity index (χ3n) is 7.35. The van der Waals surface area contributed by atoms with Gasteiger partial charge >= 0.3 is 6.18 Å². The van der Waals surface area contributed by atoms with Crippen LogP contribution in [0.15, 0.2) is 60.7 Å². The lowest BCUT2D eigenvalue weighted by molar-refractivity contribution is -0.161. The zero-order chi connectivity index (χ0) is 28.6. The Kier molecular flexibility index (Phi) is 7.53. The summed E-state index contributed by atoms with van der Waals surface area (Å²) >= 11 is 0. The van der Waals surface area contributed by atoms with Crippen molar-refractivity contribution in [3.63, 3.8) is 0 Å². The summed E-state index contributed by atoms with van der Waals surface area (Å²) in [5, 5.41) is 2.89. The summed E-state index contributed by atoms with van der Waals surface area (Å²) in [4.78, 5) is 28.8. The average Bonchev–Trinajstić information content (AvgIpc) is 3.21. The van der Waals surface area contributed by atoms with Crippen LogP contribution in [0.25, 0.3) is 11.1 Å². The molecular formula is C30H28F5N3O2. The first kappa shape index (κ1) is 27.6. The molecule has 10 heteroatoms. The van der Waals surface area contributed by atoms with E-state index in [1.807, 2.05) is 0 Å². The number of carbonyl (C=O) groups excluding carboxylic acids is 2. The van der Waals surface area contributed by atoms with Crippen molar-refractivity contribution < 1.29 is 31.5 Å². The molecule has 1 fully saturated rings. The Balaban J connectivity index is 1.49. The molecule has 1 heterocycles. The van der Waals surface area contributed by atoms with Crippen LogP contribution in [-0.4, -0.2) is 55.1 Å². The highest BCUT2D eigenvalue weighted by Gasteiger charge is 2.44. The monoisotopic (exact) mass is 557 g/mol. The first-order valence-electron chi connectivity index (χ1n) is 13.2. The molecule has 3 aromatic carbocycles. The van der Waals surface area contributed by atoms with E-state index in [4.69, 9.17) is 0 Å². The largest absolute Gasteiger partial charge is 0.406 e. The molecule has 5 rings (SSSR count). The third-order valence-corrected chi connectivity index (χ3v) is 7.35. The highest BCUT2D eigenvalue weighted by Crippen LogP contribution is 2.51. The van der Waals surface area contributed by atoms with Crippen molar-refractivity contribution in [1.29, 1.82) is 0 Å². The van der Waals surface area contributed by atoms with Crippen LogP contribution in [0.5, 0.6) is 0 Å². The topological polar surface area (TPSA) is 52.7 Å². The van der Waals surface area contributed by atoms with E-state index in [2.05, 4.69) is 5.32 Å². The van der Waals surface area contributed by atoms with Gasteiger partial charge in [0.05, 0.1) is 17.6 Å². The number of rotatable bonds is 8. The molecule has 1 atom stereocenters. The molecular weight excluding hydrogens is 529 g/mol. The van der Waals surface area contributed by atoms with Gasteiger partial charge in [-0.25, -0.2) is 8.78 Å². The molecule has 2 amide bonds. The van der Waals surface area contributed by atoms with Crippen LogP contribution < -0.4 is 10.2 Å². The van der Waals surface area contributed by atoms with Crippen molar-refractivity contribution in [2.45, 2.75) is 37.9 Å². The number of benzene rings is 3. The van der Waals surface area contributed by atoms with Crippen molar-refractivity contribution in [2.75, 3.05) is 31.1 Å². The number of hydrogen-bond donors (Lipinski definition) is 1. The van der Waals surface area contributed by atoms with E-state index >= 15 is 4.39 Å². The highest BCUT2D eigenvalue weighted by molar-refractivity contribution is 5.99. The molecule has 210 valence electrons. The zero-order valence-corrected chi connectivity index (χ0v) is 21.8. The van der Waals surface area contributed by atoms with Crippen molar-refractivity contribution in [1.82, 2.24) is 10.2 Å². The maximum Gasteiger partial charge on any atom is 0.406 e. The number of hydrogen-bond acceptors (Lipinski definition) is 3. The lowest BCUT2D eigenvalue weighted by atomic mass is 9.91. The number of nitrogens with one attached hydrogen (secondary N) is 1. The van der Waals surface area contributed by atoms with Gasteiger partial charge in [-0.15, -0.1) is 0 Å². The normalized spacial score (nSPS) is 16.2. The molecule has 1 aliphatic carbocycles. The Morgan fingerprint density at radius 2 is 1.70 bits per heavy atom. The summed E-state index contributed by atoms with van der Waals surface area (Å²) < 4.78 is 70.3. The van der Waals surface area contributed by atoms with Crippen LogP contribution in [0.1, 0.15) is 47.2 Å². The quantitative estimate of drug-likeness (QED) is 0.352. The fraction of sp³-hybridized carbons (Fsp3) is 0.333. The molecule has 1 N–H and O–H groups in total. The highest BCUT2D eigenvalue weighted by atomic mass is 19.4. The van der Waals surface area contributed by atoms with E-state index in [0.717, 1.165) is 11.0 Å². The molecule has 1 aliphatic heterocycles. The minimum absolute atomic E-state index is 0.0834. The Bertz CT molecular complexity index is 1420. The second kappa shape index (κ2) is 10.9. The number of amides is 2. The van der Waals surface area contributed by atoms with Gasteiger partial charge in [-0.2, -0.15) is 13.2 Å². The van der Waals surface area contributed by atoms with Gasteiger partial charge in [0.15, 0.2) is 0 Å². The number of alkyl halides is 3. The SMILES string of the molecule is CCCCN(CC(F)(F)F)C(=O)C1c2cc(F)ccc2-c2ccc(F)c(N3CC(NC(=O)c4ccccc4)C3)c21. The predicted molar refractivity (Wildman–Crippen MR) is 141 cm³/mol. The molecule has 0 bridgehead atoms. The van der Waals surface area contributed by atoms with Gasteiger partial charge in [-0.3, -0.25) is 9.59 Å². The molecule has 3 aromatic rings. The molecule has 0 spiro atoms. The minimum atomic E-state index is -4.64. The Labute approximate surface area is 228 Å². The number of halogens is 5. The molecule has 0 aromatic heterocycles. The maximum atomic E-state index is 15.5. The van der Waals surface area contributed by atoms with E-state index in [9.17, 15) is 27.2 Å². The standard InChI is InChI=1S/C30H28F5N3O2/c1-2-3-13-37(17-30(33,34)35)29(40)26-23-14-19(31)9-10-21(23)22-11-12-24(32)27(25(22)26)38-15-20(16-38)36-28(39)18-7-5-4-6-8-18/h4-12,14,20,26H,2-3,13,15-17H2,1H3,(H,36,39). The molecule has 40 heavy (non-hydrogen) atoms. The number of unbranched alkanes of at least 4 members (excludes halogenated alkanes) is 1. The van der Waals surface area contributed by atoms with E-state index in [-0.39, 0.29) is 48.4 Å². The number of fused-ring (bicyclic) bond motifs is 3. The van der Waals surface area contributed by atoms with Gasteiger partial charge in [0, 0.05) is 30.8 Å². The van der Waals surface area contributed by atoms with Crippen LogP contribution >= 0.6 is 0 Å². The van der Waals surface area contributed by atoms with Gasteiger partial charge in [0.2, 0.25) is 5.91 Å². The lowest BCUT2D eigenvalue weighted by Gasteiger charge is -2.43. The molecule has 0 radical (unpaired) electrons. The van der Waals surface area contributed by atoms with Gasteiger partial charge in [-0.1, -0.05) is 43.7 Å². The summed E-state index contributed by atoms with van der Waals surface area (Å²) in [5.41, 5.74) is 1.96. The first-order valence-corrected chi connectivity index (χ1v) is 13.2. The van der Waals surface area contributed by atoms with E-state index < -0.39 is 36.2 Å². The molecule has 5 nitrogen and oxygen atoms in total. The lowest BCUT2D eigenvalue weighted by Crippen LogP contribution is -2.60. The van der Waals surface area contributed by atoms with Crippen LogP contribution in [0.3, 0.4) is 0 Å². The van der Waals surface area contributed by atoms with E-state index in [1.54, 1.807) is 42.2 Å². The number of anilines is 1. The predicted octanol–water partition coefficient (Wildman–Crippen LogP) is 5.89. The molecule has 1 unspecified atom stereocenters. The minimum Gasteiger partial charge on any atom is -0.365 e. The molecule has 0 saturated carbocycles.